The number of fused-ring (bicyclic) bond motifs is 10. The van der Waals surface area contributed by atoms with Crippen LogP contribution in [0.15, 0.2) is 39.6 Å². The third-order valence-corrected chi connectivity index (χ3v) is 17.1. The summed E-state index contributed by atoms with van der Waals surface area (Å²) in [5.41, 5.74) is 2.26. The molecule has 4 heterocycles. The Hall–Kier alpha value is -5.39. The molecule has 2 saturated heterocycles. The van der Waals surface area contributed by atoms with Crippen LogP contribution in [0.25, 0.3) is 22.3 Å². The molecule has 402 valence electrons. The first kappa shape index (κ1) is 54.9. The quantitative estimate of drug-likeness (QED) is 0.125. The lowest BCUT2D eigenvalue weighted by Gasteiger charge is -2.32. The van der Waals surface area contributed by atoms with Crippen LogP contribution in [0.1, 0.15) is 104 Å². The van der Waals surface area contributed by atoms with E-state index in [1.807, 2.05) is 0 Å². The van der Waals surface area contributed by atoms with Crippen molar-refractivity contribution < 1.29 is 53.1 Å². The van der Waals surface area contributed by atoms with Gasteiger partial charge >= 0.3 is 12.2 Å². The minimum atomic E-state index is -3.98. The predicted molar refractivity (Wildman–Crippen MR) is 276 cm³/mol. The first-order chi connectivity index (χ1) is 34.1. The van der Waals surface area contributed by atoms with Crippen LogP contribution in [-0.2, 0) is 51.8 Å². The van der Waals surface area contributed by atoms with Crippen molar-refractivity contribution in [1.29, 1.82) is 0 Å². The Morgan fingerprint density at radius 1 is 0.649 bits per heavy atom. The maximum atomic E-state index is 14.9. The molecule has 6 aliphatic rings. The zero-order valence-electron chi connectivity index (χ0n) is 44.1. The number of aromatic nitrogens is 4. The lowest BCUT2D eigenvalue weighted by Crippen LogP contribution is -2.36. The van der Waals surface area contributed by atoms with Gasteiger partial charge in [-0.25, -0.2) is 63.6 Å². The molecule has 4 bridgehead atoms. The third kappa shape index (κ3) is 11.3. The Morgan fingerprint density at radius 3 is 1.50 bits per heavy atom. The number of nitrogens with one attached hydrogen (secondary N) is 1. The van der Waals surface area contributed by atoms with Crippen molar-refractivity contribution in [2.24, 2.45) is 23.7 Å². The molecular formula is C51H66F2N8O10S3. The number of nitrogens with zero attached hydrogens (tertiary/aromatic N) is 7. The van der Waals surface area contributed by atoms with E-state index in [4.69, 9.17) is 9.47 Å². The van der Waals surface area contributed by atoms with Crippen LogP contribution in [0.4, 0.5) is 35.6 Å². The highest BCUT2D eigenvalue weighted by molar-refractivity contribution is 7.91. The van der Waals surface area contributed by atoms with Gasteiger partial charge < -0.3 is 19.7 Å². The lowest BCUT2D eigenvalue weighted by atomic mass is 9.96. The van der Waals surface area contributed by atoms with E-state index in [0.29, 0.717) is 51.3 Å². The zero-order chi connectivity index (χ0) is 54.5. The number of ether oxygens (including phenoxy) is 2. The van der Waals surface area contributed by atoms with E-state index in [1.165, 1.54) is 43.5 Å². The van der Waals surface area contributed by atoms with E-state index in [0.717, 1.165) is 73.1 Å². The maximum absolute atomic E-state index is 14.9. The van der Waals surface area contributed by atoms with Crippen LogP contribution in [0.3, 0.4) is 0 Å². The van der Waals surface area contributed by atoms with Crippen LogP contribution in [-0.4, -0.2) is 127 Å². The first-order valence-corrected chi connectivity index (χ1v) is 30.3. The van der Waals surface area contributed by atoms with Crippen molar-refractivity contribution in [3.05, 3.63) is 58.4 Å². The number of piperidine rings is 2. The standard InChI is InChI=1S/C25H31FN4O4S.C19H22FN3O6S2.C7H13N/c1-13-7-16-8-14(13)12-30(16)22-21-18-9-15(26)10-20(29(5)24(31)34-25(2,3)4)17(18)11-19(21)27-23(28-22)35(6,32)33;1-19(2,3)29-18(24)23(4)14-8-10(20)7-12-11(14)9-13-15(12)16(30(5,25)26)22-17(21-13)31(6,27)28;1-5-2-7-3-6(5)4-8-7/h9-10,13-14,16H,7-8,11-12H2,1-6H3;7-8H,9H2,1-6H3;5-8H,2-4H2,1H3/t13-,14?,16?;;5-,6-,7?/m1.1/s1. The Kier molecular flexibility index (Phi) is 14.3. The molecule has 10 rings (SSSR count). The predicted octanol–water partition coefficient (Wildman–Crippen LogP) is 7.57. The van der Waals surface area contributed by atoms with Crippen LogP contribution < -0.4 is 20.0 Å². The minimum absolute atomic E-state index is 0.0129. The molecule has 4 aromatic rings. The van der Waals surface area contributed by atoms with Crippen LogP contribution in [0.2, 0.25) is 0 Å². The third-order valence-electron chi connectivity index (χ3n) is 14.4. The summed E-state index contributed by atoms with van der Waals surface area (Å²) in [7, 11) is -8.61. The normalized spacial score (nSPS) is 22.2. The van der Waals surface area contributed by atoms with Gasteiger partial charge in [0.25, 0.3) is 0 Å². The topological polar surface area (TPSA) is 228 Å². The molecule has 2 aromatic carbocycles. The number of hydrogen-bond donors (Lipinski definition) is 1. The van der Waals surface area contributed by atoms with Crippen molar-refractivity contribution in [2.75, 3.05) is 60.7 Å². The number of benzene rings is 2. The number of halogens is 2. The molecule has 23 heteroatoms. The monoisotopic (exact) mass is 1080 g/mol. The number of anilines is 3. The molecule has 2 aromatic heterocycles. The molecule has 4 aliphatic carbocycles. The molecule has 18 nitrogen and oxygen atoms in total. The van der Waals surface area contributed by atoms with Gasteiger partial charge in [0.15, 0.2) is 14.9 Å². The van der Waals surface area contributed by atoms with Gasteiger partial charge in [0.1, 0.15) is 28.7 Å². The van der Waals surface area contributed by atoms with Crippen LogP contribution in [0, 0.1) is 35.3 Å². The van der Waals surface area contributed by atoms with Gasteiger partial charge in [-0.2, -0.15) is 0 Å². The van der Waals surface area contributed by atoms with E-state index < -0.39 is 74.7 Å². The summed E-state index contributed by atoms with van der Waals surface area (Å²) in [5.74, 6) is 2.50. The first-order valence-electron chi connectivity index (χ1n) is 24.6. The van der Waals surface area contributed by atoms with E-state index in [9.17, 15) is 43.6 Å². The highest BCUT2D eigenvalue weighted by Gasteiger charge is 2.46. The van der Waals surface area contributed by atoms with E-state index >= 15 is 0 Å². The minimum Gasteiger partial charge on any atom is -0.443 e. The second kappa shape index (κ2) is 19.3. The zero-order valence-corrected chi connectivity index (χ0v) is 46.6. The summed E-state index contributed by atoms with van der Waals surface area (Å²) in [6, 6.07) is 6.14. The van der Waals surface area contributed by atoms with Crippen LogP contribution >= 0.6 is 0 Å². The molecule has 2 aliphatic heterocycles. The summed E-state index contributed by atoms with van der Waals surface area (Å²) in [4.78, 5) is 46.6. The van der Waals surface area contributed by atoms with Gasteiger partial charge in [-0.05, 0) is 144 Å². The lowest BCUT2D eigenvalue weighted by molar-refractivity contribution is 0.0578. The van der Waals surface area contributed by atoms with E-state index in [1.54, 1.807) is 48.6 Å². The van der Waals surface area contributed by atoms with Gasteiger partial charge in [0.05, 0.1) is 22.8 Å². The van der Waals surface area contributed by atoms with Gasteiger partial charge in [-0.1, -0.05) is 13.8 Å². The summed E-state index contributed by atoms with van der Waals surface area (Å²) in [6.45, 7) is 17.1. The highest BCUT2D eigenvalue weighted by Crippen LogP contribution is 2.51. The number of hydrogen-bond acceptors (Lipinski definition) is 16. The second-order valence-electron chi connectivity index (χ2n) is 22.8. The summed E-state index contributed by atoms with van der Waals surface area (Å²) >= 11 is 0. The number of sulfone groups is 3. The average molecular weight is 1090 g/mol. The fraction of sp³-hybridized carbons (Fsp3) is 0.569. The number of rotatable bonds is 6. The van der Waals surface area contributed by atoms with Crippen LogP contribution in [0.5, 0.6) is 0 Å². The van der Waals surface area contributed by atoms with Gasteiger partial charge in [0.2, 0.25) is 30.0 Å². The Balaban J connectivity index is 0.000000171. The number of amides is 2. The number of carbonyl (C=O) groups is 2. The van der Waals surface area contributed by atoms with E-state index in [2.05, 4.69) is 44.0 Å². The molecule has 2 saturated carbocycles. The second-order valence-corrected chi connectivity index (χ2v) is 28.5. The van der Waals surface area contributed by atoms with Gasteiger partial charge in [-0.15, -0.1) is 0 Å². The molecule has 0 spiro atoms. The smallest absolute Gasteiger partial charge is 0.414 e. The maximum Gasteiger partial charge on any atom is 0.414 e. The highest BCUT2D eigenvalue weighted by atomic mass is 32.2. The van der Waals surface area contributed by atoms with Gasteiger partial charge in [0, 0.05) is 75.5 Å². The van der Waals surface area contributed by atoms with Gasteiger partial charge in [-0.3, -0.25) is 9.80 Å². The molecule has 3 unspecified atom stereocenters. The molecule has 0 radical (unpaired) electrons. The van der Waals surface area contributed by atoms with Crippen molar-refractivity contribution in [3.8, 4) is 22.3 Å². The Bertz CT molecular complexity index is 3310. The molecule has 74 heavy (non-hydrogen) atoms. The molecule has 6 atom stereocenters. The largest absolute Gasteiger partial charge is 0.443 e. The van der Waals surface area contributed by atoms with Crippen molar-refractivity contribution >= 4 is 58.9 Å². The molecule has 4 fully saturated rings. The number of carbonyl (C=O) groups excluding carboxylic acids is 2. The summed E-state index contributed by atoms with van der Waals surface area (Å²) in [5, 5.41) is 2.12. The molecular weight excluding hydrogens is 1020 g/mol. The van der Waals surface area contributed by atoms with E-state index in [-0.39, 0.29) is 46.5 Å². The average Bonchev–Trinajstić information content (AvgIpc) is 4.14. The fourth-order valence-corrected chi connectivity index (χ4v) is 12.9. The SMILES string of the molecule is CN(C(=O)OC(C)(C)C)c1cc(F)cc2c1Cc1nc(S(C)(=O)=O)nc(S(C)(=O)=O)c1-2.C[C@@H]1CC2CC1CN2c1nc(S(C)(=O)=O)nc2c1-c1cc(F)cc(N(C)C(=O)OC(C)(C)C)c1C2.C[C@@H]1CC2C[C@@H]1CN2. The van der Waals surface area contributed by atoms with Crippen molar-refractivity contribution in [1.82, 2.24) is 25.3 Å². The molecule has 2 amide bonds. The Morgan fingerprint density at radius 2 is 1.12 bits per heavy atom. The molecule has 1 N–H and O–H groups in total. The Labute approximate surface area is 432 Å². The summed E-state index contributed by atoms with van der Waals surface area (Å²) < 4.78 is 114. The van der Waals surface area contributed by atoms with Crippen molar-refractivity contribution in [2.45, 2.75) is 133 Å². The summed E-state index contributed by atoms with van der Waals surface area (Å²) in [6.07, 6.45) is 6.71. The fourth-order valence-electron chi connectivity index (χ4n) is 11.0. The van der Waals surface area contributed by atoms with Crippen molar-refractivity contribution in [3.63, 3.8) is 0 Å².